The number of nitrogens with one attached hydrogen (secondary N) is 1. The van der Waals surface area contributed by atoms with E-state index in [9.17, 15) is 9.90 Å². The predicted molar refractivity (Wildman–Crippen MR) is 131 cm³/mol. The van der Waals surface area contributed by atoms with E-state index in [1.807, 2.05) is 6.92 Å². The number of fused-ring (bicyclic) bond motifs is 1. The summed E-state index contributed by atoms with van der Waals surface area (Å²) in [6.07, 6.45) is 0.738. The molecular formula is C23H28N6O4S. The van der Waals surface area contributed by atoms with Gasteiger partial charge in [-0.25, -0.2) is 9.78 Å². The standard InChI is InChI=1S/C23H28N6O4S/c1-14-5-6-17-16(12-14)25-21(34-17)18-19(24-15-4-3-7-29(13-15)23(30)31)26-22(27-20(18)32-2)28-8-10-33-11-9-28/h5-6,12,15H,3-4,7-11,13H2,1-2H3,(H,30,31)(H,24,26,27)/t15-/m1/s1. The summed E-state index contributed by atoms with van der Waals surface area (Å²) in [5.41, 5.74) is 2.76. The number of hydrogen-bond acceptors (Lipinski definition) is 9. The van der Waals surface area contributed by atoms with Crippen LogP contribution in [0, 0.1) is 6.92 Å². The Morgan fingerprint density at radius 3 is 2.82 bits per heavy atom. The molecule has 0 unspecified atom stereocenters. The number of methoxy groups -OCH3 is 1. The van der Waals surface area contributed by atoms with E-state index >= 15 is 0 Å². The Labute approximate surface area is 201 Å². The number of hydrogen-bond donors (Lipinski definition) is 2. The number of amides is 1. The molecule has 2 aliphatic rings. The highest BCUT2D eigenvalue weighted by molar-refractivity contribution is 7.21. The van der Waals surface area contributed by atoms with Gasteiger partial charge >= 0.3 is 6.09 Å². The number of carboxylic acid groups (broad SMARTS) is 1. The second-order valence-electron chi connectivity index (χ2n) is 8.56. The lowest BCUT2D eigenvalue weighted by molar-refractivity contribution is 0.122. The number of morpholine rings is 1. The predicted octanol–water partition coefficient (Wildman–Crippen LogP) is 3.46. The molecule has 0 saturated carbocycles. The molecule has 2 aliphatic heterocycles. The Morgan fingerprint density at radius 2 is 2.06 bits per heavy atom. The van der Waals surface area contributed by atoms with Gasteiger partial charge in [-0.3, -0.25) is 0 Å². The Balaban J connectivity index is 1.58. The van der Waals surface area contributed by atoms with Crippen LogP contribution in [0.5, 0.6) is 5.88 Å². The SMILES string of the molecule is COc1nc(N2CCOCC2)nc(N[C@@H]2CCCN(C(=O)O)C2)c1-c1nc2cc(C)ccc2s1. The maximum absolute atomic E-state index is 11.6. The van der Waals surface area contributed by atoms with E-state index in [1.54, 1.807) is 18.4 Å². The fourth-order valence-electron chi connectivity index (χ4n) is 4.39. The van der Waals surface area contributed by atoms with Gasteiger partial charge in [-0.15, -0.1) is 11.3 Å². The summed E-state index contributed by atoms with van der Waals surface area (Å²) >= 11 is 1.56. The zero-order valence-electron chi connectivity index (χ0n) is 19.3. The van der Waals surface area contributed by atoms with Crippen molar-refractivity contribution in [3.05, 3.63) is 23.8 Å². The average Bonchev–Trinajstić information content (AvgIpc) is 3.26. The quantitative estimate of drug-likeness (QED) is 0.562. The first-order chi connectivity index (χ1) is 16.5. The summed E-state index contributed by atoms with van der Waals surface area (Å²) in [4.78, 5) is 29.6. The molecule has 5 rings (SSSR count). The number of ether oxygens (including phenoxy) is 2. The first kappa shape index (κ1) is 22.6. The lowest BCUT2D eigenvalue weighted by atomic mass is 10.1. The first-order valence-corrected chi connectivity index (χ1v) is 12.2. The number of anilines is 2. The Morgan fingerprint density at radius 1 is 1.24 bits per heavy atom. The van der Waals surface area contributed by atoms with Gasteiger partial charge in [-0.05, 0) is 37.5 Å². The number of thiazole rings is 1. The van der Waals surface area contributed by atoms with Gasteiger partial charge in [0.2, 0.25) is 11.8 Å². The lowest BCUT2D eigenvalue weighted by Crippen LogP contribution is -2.44. The van der Waals surface area contributed by atoms with Crippen LogP contribution in [0.4, 0.5) is 16.6 Å². The highest BCUT2D eigenvalue weighted by Gasteiger charge is 2.28. The minimum atomic E-state index is -0.900. The number of aryl methyl sites for hydroxylation is 1. The molecule has 34 heavy (non-hydrogen) atoms. The summed E-state index contributed by atoms with van der Waals surface area (Å²) in [6, 6.07) is 6.13. The summed E-state index contributed by atoms with van der Waals surface area (Å²) < 4.78 is 12.3. The van der Waals surface area contributed by atoms with Gasteiger partial charge < -0.3 is 29.7 Å². The normalized spacial score (nSPS) is 18.8. The van der Waals surface area contributed by atoms with Crippen LogP contribution in [-0.2, 0) is 4.74 Å². The van der Waals surface area contributed by atoms with Crippen molar-refractivity contribution in [1.82, 2.24) is 19.9 Å². The van der Waals surface area contributed by atoms with Crippen molar-refractivity contribution in [2.24, 2.45) is 0 Å². The summed E-state index contributed by atoms with van der Waals surface area (Å²) in [5.74, 6) is 1.62. The van der Waals surface area contributed by atoms with Crippen molar-refractivity contribution in [3.8, 4) is 16.5 Å². The van der Waals surface area contributed by atoms with Crippen molar-refractivity contribution in [3.63, 3.8) is 0 Å². The van der Waals surface area contributed by atoms with Gasteiger partial charge in [-0.1, -0.05) is 6.07 Å². The molecule has 0 spiro atoms. The largest absolute Gasteiger partial charge is 0.480 e. The zero-order valence-corrected chi connectivity index (χ0v) is 20.1. The number of aromatic nitrogens is 3. The molecule has 0 bridgehead atoms. The van der Waals surface area contributed by atoms with Crippen molar-refractivity contribution >= 4 is 39.4 Å². The molecular weight excluding hydrogens is 456 g/mol. The van der Waals surface area contributed by atoms with Gasteiger partial charge in [0.1, 0.15) is 16.4 Å². The van der Waals surface area contributed by atoms with E-state index in [0.717, 1.165) is 33.6 Å². The molecule has 1 atom stereocenters. The van der Waals surface area contributed by atoms with E-state index in [0.29, 0.717) is 62.6 Å². The molecule has 4 heterocycles. The van der Waals surface area contributed by atoms with Crippen molar-refractivity contribution in [2.75, 3.05) is 56.7 Å². The molecule has 2 aromatic heterocycles. The molecule has 1 amide bonds. The molecule has 11 heteroatoms. The number of rotatable bonds is 5. The number of piperidine rings is 1. The molecule has 2 N–H and O–H groups in total. The molecule has 2 saturated heterocycles. The summed E-state index contributed by atoms with van der Waals surface area (Å²) in [6.45, 7) is 5.60. The van der Waals surface area contributed by atoms with Crippen molar-refractivity contribution < 1.29 is 19.4 Å². The van der Waals surface area contributed by atoms with Gasteiger partial charge in [-0.2, -0.15) is 9.97 Å². The minimum Gasteiger partial charge on any atom is -0.480 e. The van der Waals surface area contributed by atoms with Crippen LogP contribution in [0.2, 0.25) is 0 Å². The molecule has 180 valence electrons. The number of nitrogens with zero attached hydrogens (tertiary/aromatic N) is 5. The Kier molecular flexibility index (Phi) is 6.38. The molecule has 3 aromatic rings. The fraction of sp³-hybridized carbons (Fsp3) is 0.478. The van der Waals surface area contributed by atoms with Crippen LogP contribution in [-0.4, -0.2) is 83.6 Å². The monoisotopic (exact) mass is 484 g/mol. The van der Waals surface area contributed by atoms with Gasteiger partial charge in [0.25, 0.3) is 0 Å². The highest BCUT2D eigenvalue weighted by atomic mass is 32.1. The molecule has 10 nitrogen and oxygen atoms in total. The molecule has 0 aliphatic carbocycles. The van der Waals surface area contributed by atoms with Gasteiger partial charge in [0.15, 0.2) is 0 Å². The third-order valence-electron chi connectivity index (χ3n) is 6.14. The number of likely N-dealkylation sites (tertiary alicyclic amines) is 1. The Hall–Kier alpha value is -3.18. The number of benzene rings is 1. The van der Waals surface area contributed by atoms with E-state index in [2.05, 4.69) is 28.4 Å². The van der Waals surface area contributed by atoms with E-state index in [1.165, 1.54) is 4.90 Å². The average molecular weight is 485 g/mol. The molecule has 0 radical (unpaired) electrons. The summed E-state index contributed by atoms with van der Waals surface area (Å²) in [5, 5.41) is 13.8. The van der Waals surface area contributed by atoms with Crippen LogP contribution in [0.15, 0.2) is 18.2 Å². The third kappa shape index (κ3) is 4.58. The fourth-order valence-corrected chi connectivity index (χ4v) is 5.37. The minimum absolute atomic E-state index is 0.0719. The van der Waals surface area contributed by atoms with E-state index in [4.69, 9.17) is 24.4 Å². The lowest BCUT2D eigenvalue weighted by Gasteiger charge is -2.32. The molecule has 2 fully saturated rings. The second-order valence-corrected chi connectivity index (χ2v) is 9.59. The van der Waals surface area contributed by atoms with Crippen molar-refractivity contribution in [2.45, 2.75) is 25.8 Å². The van der Waals surface area contributed by atoms with Crippen LogP contribution in [0.3, 0.4) is 0 Å². The Bertz CT molecular complexity index is 1200. The third-order valence-corrected chi connectivity index (χ3v) is 7.19. The van der Waals surface area contributed by atoms with Crippen LogP contribution in [0.25, 0.3) is 20.8 Å². The maximum Gasteiger partial charge on any atom is 0.407 e. The van der Waals surface area contributed by atoms with E-state index in [-0.39, 0.29) is 6.04 Å². The van der Waals surface area contributed by atoms with Crippen molar-refractivity contribution in [1.29, 1.82) is 0 Å². The smallest absolute Gasteiger partial charge is 0.407 e. The highest BCUT2D eigenvalue weighted by Crippen LogP contribution is 2.40. The summed E-state index contributed by atoms with van der Waals surface area (Å²) in [7, 11) is 1.60. The van der Waals surface area contributed by atoms with E-state index < -0.39 is 6.09 Å². The maximum atomic E-state index is 11.6. The topological polar surface area (TPSA) is 113 Å². The van der Waals surface area contributed by atoms with Crippen LogP contribution < -0.4 is 15.0 Å². The second kappa shape index (κ2) is 9.59. The van der Waals surface area contributed by atoms with Crippen LogP contribution >= 0.6 is 11.3 Å². The zero-order chi connectivity index (χ0) is 23.7. The van der Waals surface area contributed by atoms with Crippen LogP contribution in [0.1, 0.15) is 18.4 Å². The first-order valence-electron chi connectivity index (χ1n) is 11.4. The number of carbonyl (C=O) groups is 1. The van der Waals surface area contributed by atoms with Gasteiger partial charge in [0, 0.05) is 32.2 Å². The van der Waals surface area contributed by atoms with Gasteiger partial charge in [0.05, 0.1) is 30.5 Å². The molecule has 1 aromatic carbocycles.